The third kappa shape index (κ3) is 3.77. The van der Waals surface area contributed by atoms with Crippen LogP contribution in [0.3, 0.4) is 0 Å². The molecular formula is C26H24F2. The normalized spacial score (nSPS) is 16.7. The lowest BCUT2D eigenvalue weighted by Gasteiger charge is -2.23. The molecule has 3 aromatic carbocycles. The van der Waals surface area contributed by atoms with Crippen molar-refractivity contribution >= 4 is 5.57 Å². The van der Waals surface area contributed by atoms with Crippen LogP contribution in [-0.4, -0.2) is 0 Å². The van der Waals surface area contributed by atoms with Crippen LogP contribution in [0.1, 0.15) is 48.8 Å². The molecule has 0 bridgehead atoms. The third-order valence-electron chi connectivity index (χ3n) is 5.79. The van der Waals surface area contributed by atoms with Gasteiger partial charge >= 0.3 is 0 Å². The van der Waals surface area contributed by atoms with Crippen molar-refractivity contribution in [3.63, 3.8) is 0 Å². The first-order valence-electron chi connectivity index (χ1n) is 9.98. The molecule has 1 atom stereocenters. The summed E-state index contributed by atoms with van der Waals surface area (Å²) < 4.78 is 27.5. The Morgan fingerprint density at radius 1 is 0.857 bits per heavy atom. The quantitative estimate of drug-likeness (QED) is 0.442. The van der Waals surface area contributed by atoms with E-state index in [4.69, 9.17) is 0 Å². The second-order valence-electron chi connectivity index (χ2n) is 7.47. The van der Waals surface area contributed by atoms with Crippen molar-refractivity contribution in [3.8, 4) is 11.1 Å². The summed E-state index contributed by atoms with van der Waals surface area (Å²) in [6.07, 6.45) is 5.70. The highest BCUT2D eigenvalue weighted by Crippen LogP contribution is 2.37. The lowest BCUT2D eigenvalue weighted by molar-refractivity contribution is 0.505. The lowest BCUT2D eigenvalue weighted by Crippen LogP contribution is -2.05. The van der Waals surface area contributed by atoms with E-state index >= 15 is 0 Å². The number of rotatable bonds is 4. The summed E-state index contributed by atoms with van der Waals surface area (Å²) in [7, 11) is 0. The summed E-state index contributed by atoms with van der Waals surface area (Å²) in [6, 6.07) is 21.9. The molecule has 0 fully saturated rings. The van der Waals surface area contributed by atoms with Crippen LogP contribution in [0, 0.1) is 11.6 Å². The van der Waals surface area contributed by atoms with Gasteiger partial charge in [0.2, 0.25) is 0 Å². The molecule has 0 aliphatic heterocycles. The van der Waals surface area contributed by atoms with E-state index in [0.29, 0.717) is 11.5 Å². The Hall–Kier alpha value is -2.74. The molecule has 0 aromatic heterocycles. The number of aryl methyl sites for hydroxylation is 1. The first-order valence-corrected chi connectivity index (χ1v) is 9.98. The fourth-order valence-corrected chi connectivity index (χ4v) is 4.01. The Balaban J connectivity index is 1.48. The Kier molecular flexibility index (Phi) is 5.38. The van der Waals surface area contributed by atoms with Gasteiger partial charge in [-0.25, -0.2) is 8.78 Å². The van der Waals surface area contributed by atoms with Crippen LogP contribution < -0.4 is 0 Å². The van der Waals surface area contributed by atoms with Gasteiger partial charge in [0.1, 0.15) is 0 Å². The van der Waals surface area contributed by atoms with Gasteiger partial charge in [0.05, 0.1) is 0 Å². The molecule has 1 aliphatic rings. The molecule has 0 saturated heterocycles. The van der Waals surface area contributed by atoms with Gasteiger partial charge in [0.25, 0.3) is 0 Å². The van der Waals surface area contributed by atoms with Gasteiger partial charge in [-0.2, -0.15) is 0 Å². The first kappa shape index (κ1) is 18.6. The van der Waals surface area contributed by atoms with Crippen molar-refractivity contribution in [2.24, 2.45) is 0 Å². The van der Waals surface area contributed by atoms with Crippen molar-refractivity contribution < 1.29 is 8.78 Å². The molecule has 1 unspecified atom stereocenters. The van der Waals surface area contributed by atoms with E-state index in [0.717, 1.165) is 31.3 Å². The lowest BCUT2D eigenvalue weighted by atomic mass is 9.82. The van der Waals surface area contributed by atoms with Crippen molar-refractivity contribution in [1.29, 1.82) is 0 Å². The molecule has 1 aliphatic carbocycles. The Morgan fingerprint density at radius 3 is 2.14 bits per heavy atom. The highest BCUT2D eigenvalue weighted by Gasteiger charge is 2.20. The van der Waals surface area contributed by atoms with Gasteiger partial charge in [0.15, 0.2) is 11.6 Å². The van der Waals surface area contributed by atoms with E-state index in [1.807, 2.05) is 0 Å². The van der Waals surface area contributed by atoms with Crippen LogP contribution >= 0.6 is 0 Å². The second-order valence-corrected chi connectivity index (χ2v) is 7.47. The zero-order chi connectivity index (χ0) is 19.5. The number of halogens is 2. The minimum Gasteiger partial charge on any atom is -0.204 e. The predicted molar refractivity (Wildman–Crippen MR) is 112 cm³/mol. The Morgan fingerprint density at radius 2 is 1.54 bits per heavy atom. The molecule has 0 spiro atoms. The van der Waals surface area contributed by atoms with Crippen LogP contribution in [-0.2, 0) is 6.42 Å². The van der Waals surface area contributed by atoms with Crippen molar-refractivity contribution in [2.75, 3.05) is 0 Å². The van der Waals surface area contributed by atoms with E-state index in [2.05, 4.69) is 61.5 Å². The SMILES string of the molecule is CCc1ccc(-c2ccc(C3CC=C(c4cccc(F)c4F)CC3)cc2)cc1. The molecule has 4 rings (SSSR count). The molecule has 0 N–H and O–H groups in total. The minimum atomic E-state index is -0.775. The van der Waals surface area contributed by atoms with Gasteiger partial charge in [-0.15, -0.1) is 0 Å². The van der Waals surface area contributed by atoms with Crippen LogP contribution in [0.25, 0.3) is 16.7 Å². The fraction of sp³-hybridized carbons (Fsp3) is 0.231. The van der Waals surface area contributed by atoms with E-state index in [1.165, 1.54) is 28.3 Å². The average molecular weight is 374 g/mol. The summed E-state index contributed by atoms with van der Waals surface area (Å²) in [4.78, 5) is 0. The Labute approximate surface area is 165 Å². The van der Waals surface area contributed by atoms with Crippen LogP contribution in [0.2, 0.25) is 0 Å². The van der Waals surface area contributed by atoms with E-state index in [-0.39, 0.29) is 0 Å². The predicted octanol–water partition coefficient (Wildman–Crippen LogP) is 7.55. The van der Waals surface area contributed by atoms with E-state index in [1.54, 1.807) is 12.1 Å². The minimum absolute atomic E-state index is 0.407. The Bertz CT molecular complexity index is 982. The average Bonchev–Trinajstić information content (AvgIpc) is 2.76. The van der Waals surface area contributed by atoms with Gasteiger partial charge in [-0.1, -0.05) is 73.7 Å². The second kappa shape index (κ2) is 8.10. The zero-order valence-corrected chi connectivity index (χ0v) is 16.1. The van der Waals surface area contributed by atoms with E-state index < -0.39 is 11.6 Å². The number of allylic oxidation sites excluding steroid dienone is 2. The van der Waals surface area contributed by atoms with Gasteiger partial charge in [-0.3, -0.25) is 0 Å². The van der Waals surface area contributed by atoms with Crippen LogP contribution in [0.4, 0.5) is 8.78 Å². The molecule has 28 heavy (non-hydrogen) atoms. The number of hydrogen-bond acceptors (Lipinski definition) is 0. The van der Waals surface area contributed by atoms with Gasteiger partial charge < -0.3 is 0 Å². The van der Waals surface area contributed by atoms with Gasteiger partial charge in [-0.05, 0) is 65.5 Å². The van der Waals surface area contributed by atoms with Crippen molar-refractivity contribution in [1.82, 2.24) is 0 Å². The third-order valence-corrected chi connectivity index (χ3v) is 5.79. The molecule has 0 heterocycles. The zero-order valence-electron chi connectivity index (χ0n) is 16.1. The number of benzene rings is 3. The van der Waals surface area contributed by atoms with Crippen molar-refractivity contribution in [2.45, 2.75) is 38.5 Å². The smallest absolute Gasteiger partial charge is 0.166 e. The molecule has 2 heteroatoms. The van der Waals surface area contributed by atoms with Gasteiger partial charge in [0, 0.05) is 5.56 Å². The van der Waals surface area contributed by atoms with E-state index in [9.17, 15) is 8.78 Å². The summed E-state index contributed by atoms with van der Waals surface area (Å²) >= 11 is 0. The molecule has 0 radical (unpaired) electrons. The maximum absolute atomic E-state index is 14.0. The molecule has 3 aromatic rings. The maximum Gasteiger partial charge on any atom is 0.166 e. The molecule has 0 amide bonds. The summed E-state index contributed by atoms with van der Waals surface area (Å²) in [5.74, 6) is -1.08. The standard InChI is InChI=1S/C26H24F2/c1-2-18-6-8-19(9-7-18)20-10-12-21(13-11-20)22-14-16-23(17-15-22)24-4-3-5-25(27)26(24)28/h3-13,16,22H,2,14-15,17H2,1H3. The van der Waals surface area contributed by atoms with Crippen molar-refractivity contribution in [3.05, 3.63) is 101 Å². The fourth-order valence-electron chi connectivity index (χ4n) is 4.01. The van der Waals surface area contributed by atoms with Crippen LogP contribution in [0.5, 0.6) is 0 Å². The summed E-state index contributed by atoms with van der Waals surface area (Å²) in [5.41, 5.74) is 6.44. The largest absolute Gasteiger partial charge is 0.204 e. The highest BCUT2D eigenvalue weighted by atomic mass is 19.2. The molecular weight excluding hydrogens is 350 g/mol. The monoisotopic (exact) mass is 374 g/mol. The number of hydrogen-bond donors (Lipinski definition) is 0. The highest BCUT2D eigenvalue weighted by molar-refractivity contribution is 5.67. The molecule has 0 saturated carbocycles. The summed E-state index contributed by atoms with van der Waals surface area (Å²) in [5, 5.41) is 0. The topological polar surface area (TPSA) is 0 Å². The maximum atomic E-state index is 14.0. The molecule has 142 valence electrons. The van der Waals surface area contributed by atoms with Crippen LogP contribution in [0.15, 0.2) is 72.8 Å². The first-order chi connectivity index (χ1) is 13.7. The molecule has 0 nitrogen and oxygen atoms in total. The summed E-state index contributed by atoms with van der Waals surface area (Å²) in [6.45, 7) is 2.16.